The summed E-state index contributed by atoms with van der Waals surface area (Å²) >= 11 is 5.90. The highest BCUT2D eigenvalue weighted by Gasteiger charge is 2.21. The van der Waals surface area contributed by atoms with Crippen molar-refractivity contribution in [2.24, 2.45) is 7.05 Å². The molecule has 5 rings (SSSR count). The van der Waals surface area contributed by atoms with E-state index in [1.165, 1.54) is 5.52 Å². The summed E-state index contributed by atoms with van der Waals surface area (Å²) in [5.74, 6) is 0. The van der Waals surface area contributed by atoms with E-state index in [0.29, 0.717) is 4.99 Å². The van der Waals surface area contributed by atoms with Gasteiger partial charge in [-0.1, -0.05) is 72.9 Å². The third-order valence-electron chi connectivity index (χ3n) is 5.14. The number of aryl methyl sites for hydroxylation is 1. The maximum Gasteiger partial charge on any atom is 0.128 e. The number of nitrogens with zero attached hydrogens (tertiary/aromatic N) is 2. The fourth-order valence-electron chi connectivity index (χ4n) is 3.82. The Hall–Kier alpha value is -3.37. The van der Waals surface area contributed by atoms with Crippen LogP contribution in [0.5, 0.6) is 0 Å². The van der Waals surface area contributed by atoms with Crippen LogP contribution in [0.2, 0.25) is 0 Å². The molecule has 0 aliphatic rings. The number of benzene rings is 3. The van der Waals surface area contributed by atoms with Gasteiger partial charge in [-0.05, 0) is 35.9 Å². The van der Waals surface area contributed by atoms with Gasteiger partial charge in [0.1, 0.15) is 10.6 Å². The molecule has 28 heavy (non-hydrogen) atoms. The SMILES string of the molecule is Cn1c2ccccc2n2c(C(=S)Nc3ccccc3)c(-c3ccccc3)cc12. The van der Waals surface area contributed by atoms with Gasteiger partial charge in [-0.2, -0.15) is 0 Å². The van der Waals surface area contributed by atoms with Crippen molar-refractivity contribution < 1.29 is 0 Å². The Morgan fingerprint density at radius 1 is 0.786 bits per heavy atom. The molecule has 0 aliphatic heterocycles. The molecule has 0 unspecified atom stereocenters. The predicted molar refractivity (Wildman–Crippen MR) is 121 cm³/mol. The minimum absolute atomic E-state index is 0.710. The van der Waals surface area contributed by atoms with Crippen molar-refractivity contribution in [3.05, 3.63) is 96.7 Å². The zero-order chi connectivity index (χ0) is 19.1. The van der Waals surface area contributed by atoms with E-state index in [1.54, 1.807) is 0 Å². The molecule has 0 saturated carbocycles. The lowest BCUT2D eigenvalue weighted by atomic mass is 10.1. The molecule has 4 heteroatoms. The van der Waals surface area contributed by atoms with E-state index < -0.39 is 0 Å². The average molecular weight is 382 g/mol. The van der Waals surface area contributed by atoms with E-state index in [4.69, 9.17) is 12.2 Å². The second kappa shape index (κ2) is 6.66. The Morgan fingerprint density at radius 3 is 2.11 bits per heavy atom. The molecule has 1 N–H and O–H groups in total. The summed E-state index contributed by atoms with van der Waals surface area (Å²) in [4.78, 5) is 0.710. The summed E-state index contributed by atoms with van der Waals surface area (Å²) in [6, 6.07) is 31.2. The number of anilines is 1. The Bertz CT molecular complexity index is 1300. The number of rotatable bonds is 3. The Balaban J connectivity index is 1.79. The number of aromatic nitrogens is 2. The lowest BCUT2D eigenvalue weighted by molar-refractivity contribution is 0.993. The van der Waals surface area contributed by atoms with Crippen molar-refractivity contribution in [1.29, 1.82) is 0 Å². The van der Waals surface area contributed by atoms with Crippen molar-refractivity contribution in [1.82, 2.24) is 8.97 Å². The molecule has 0 saturated heterocycles. The topological polar surface area (TPSA) is 21.4 Å². The molecule has 2 aromatic heterocycles. The van der Waals surface area contributed by atoms with Gasteiger partial charge in [0.05, 0.1) is 16.7 Å². The number of para-hydroxylation sites is 3. The molecule has 3 nitrogen and oxygen atoms in total. The Kier molecular flexibility index (Phi) is 3.99. The summed E-state index contributed by atoms with van der Waals surface area (Å²) in [5.41, 5.74) is 7.73. The number of fused-ring (bicyclic) bond motifs is 3. The standard InChI is InChI=1S/C24H19N3S/c1-26-20-14-8-9-15-21(20)27-22(26)16-19(17-10-4-2-5-11-17)23(27)24(28)25-18-12-6-3-7-13-18/h2-16H,1H3,(H,25,28). The second-order valence-corrected chi connectivity index (χ2v) is 7.24. The van der Waals surface area contributed by atoms with Crippen molar-refractivity contribution in [3.8, 4) is 11.1 Å². The lowest BCUT2D eigenvalue weighted by Gasteiger charge is -2.11. The number of hydrogen-bond acceptors (Lipinski definition) is 1. The first-order chi connectivity index (χ1) is 13.7. The van der Waals surface area contributed by atoms with Crippen LogP contribution in [-0.2, 0) is 7.05 Å². The average Bonchev–Trinajstić information content (AvgIpc) is 3.26. The molecule has 0 amide bonds. The van der Waals surface area contributed by atoms with E-state index in [9.17, 15) is 0 Å². The van der Waals surface area contributed by atoms with Gasteiger partial charge in [-0.25, -0.2) is 0 Å². The van der Waals surface area contributed by atoms with Crippen LogP contribution in [0.15, 0.2) is 91.0 Å². The smallest absolute Gasteiger partial charge is 0.128 e. The van der Waals surface area contributed by atoms with Crippen LogP contribution in [0, 0.1) is 0 Å². The molecule has 0 aliphatic carbocycles. The zero-order valence-corrected chi connectivity index (χ0v) is 16.3. The normalized spacial score (nSPS) is 11.2. The third kappa shape index (κ3) is 2.62. The summed E-state index contributed by atoms with van der Waals surface area (Å²) in [6.07, 6.45) is 0. The van der Waals surface area contributed by atoms with E-state index in [2.05, 4.69) is 75.9 Å². The molecule has 0 radical (unpaired) electrons. The minimum Gasteiger partial charge on any atom is -0.345 e. The fraction of sp³-hybridized carbons (Fsp3) is 0.0417. The number of hydrogen-bond donors (Lipinski definition) is 1. The van der Waals surface area contributed by atoms with Gasteiger partial charge in [-0.15, -0.1) is 0 Å². The Labute approximate surface area is 168 Å². The molecule has 0 spiro atoms. The summed E-state index contributed by atoms with van der Waals surface area (Å²) in [7, 11) is 2.10. The predicted octanol–water partition coefficient (Wildman–Crippen LogP) is 5.89. The first kappa shape index (κ1) is 16.8. The highest BCUT2D eigenvalue weighted by molar-refractivity contribution is 7.81. The van der Waals surface area contributed by atoms with Crippen LogP contribution in [-0.4, -0.2) is 14.0 Å². The maximum atomic E-state index is 5.90. The number of imidazole rings is 1. The second-order valence-electron chi connectivity index (χ2n) is 6.83. The van der Waals surface area contributed by atoms with Crippen molar-refractivity contribution in [2.45, 2.75) is 0 Å². The number of thiocarbonyl (C=S) groups is 1. The first-order valence-corrected chi connectivity index (χ1v) is 9.65. The van der Waals surface area contributed by atoms with Crippen molar-refractivity contribution >= 4 is 39.6 Å². The van der Waals surface area contributed by atoms with Gasteiger partial charge < -0.3 is 9.88 Å². The minimum atomic E-state index is 0.710. The molecule has 5 aromatic rings. The van der Waals surface area contributed by atoms with Gasteiger partial charge in [0.2, 0.25) is 0 Å². The highest BCUT2D eigenvalue weighted by atomic mass is 32.1. The largest absolute Gasteiger partial charge is 0.345 e. The van der Waals surface area contributed by atoms with Gasteiger partial charge in [0.25, 0.3) is 0 Å². The molecule has 2 heterocycles. The van der Waals surface area contributed by atoms with Gasteiger partial charge >= 0.3 is 0 Å². The van der Waals surface area contributed by atoms with Crippen LogP contribution < -0.4 is 5.32 Å². The van der Waals surface area contributed by atoms with Crippen LogP contribution in [0.4, 0.5) is 5.69 Å². The van der Waals surface area contributed by atoms with E-state index >= 15 is 0 Å². The van der Waals surface area contributed by atoms with Gasteiger partial charge in [0, 0.05) is 18.3 Å². The summed E-state index contributed by atoms with van der Waals surface area (Å²) < 4.78 is 4.48. The van der Waals surface area contributed by atoms with Crippen LogP contribution in [0.3, 0.4) is 0 Å². The fourth-order valence-corrected chi connectivity index (χ4v) is 4.14. The molecule has 3 aromatic carbocycles. The quantitative estimate of drug-likeness (QED) is 0.394. The van der Waals surface area contributed by atoms with Gasteiger partial charge in [0.15, 0.2) is 0 Å². The monoisotopic (exact) mass is 381 g/mol. The molecular weight excluding hydrogens is 362 g/mol. The molecule has 0 bridgehead atoms. The van der Waals surface area contributed by atoms with Crippen molar-refractivity contribution in [3.63, 3.8) is 0 Å². The van der Waals surface area contributed by atoms with Crippen LogP contribution >= 0.6 is 12.2 Å². The molecule has 0 atom stereocenters. The molecule has 0 fully saturated rings. The maximum absolute atomic E-state index is 5.90. The molecule has 136 valence electrons. The zero-order valence-electron chi connectivity index (χ0n) is 15.5. The van der Waals surface area contributed by atoms with E-state index in [0.717, 1.165) is 33.7 Å². The lowest BCUT2D eigenvalue weighted by Crippen LogP contribution is -2.14. The Morgan fingerprint density at radius 2 is 1.39 bits per heavy atom. The van der Waals surface area contributed by atoms with Crippen LogP contribution in [0.25, 0.3) is 27.8 Å². The molecular formula is C24H19N3S. The third-order valence-corrected chi connectivity index (χ3v) is 5.44. The number of nitrogens with one attached hydrogen (secondary N) is 1. The first-order valence-electron chi connectivity index (χ1n) is 9.25. The van der Waals surface area contributed by atoms with Crippen molar-refractivity contribution in [2.75, 3.05) is 5.32 Å². The highest BCUT2D eigenvalue weighted by Crippen LogP contribution is 2.33. The van der Waals surface area contributed by atoms with E-state index in [-0.39, 0.29) is 0 Å². The van der Waals surface area contributed by atoms with Crippen LogP contribution in [0.1, 0.15) is 5.69 Å². The summed E-state index contributed by atoms with van der Waals surface area (Å²) in [5, 5.41) is 3.42. The summed E-state index contributed by atoms with van der Waals surface area (Å²) in [6.45, 7) is 0. The van der Waals surface area contributed by atoms with E-state index in [1.807, 2.05) is 36.4 Å². The van der Waals surface area contributed by atoms with Gasteiger partial charge in [-0.3, -0.25) is 4.40 Å².